The summed E-state index contributed by atoms with van der Waals surface area (Å²) >= 11 is 1.54. The largest absolute Gasteiger partial charge is 0.449 e. The Morgan fingerprint density at radius 3 is 2.83 bits per heavy atom. The number of nitrogens with zero attached hydrogens (tertiary/aromatic N) is 2. The van der Waals surface area contributed by atoms with Crippen LogP contribution in [0.15, 0.2) is 0 Å². The van der Waals surface area contributed by atoms with Gasteiger partial charge in [-0.05, 0) is 6.42 Å². The highest BCUT2D eigenvalue weighted by molar-refractivity contribution is 7.99. The molecule has 1 aliphatic rings. The first kappa shape index (κ1) is 15.1. The van der Waals surface area contributed by atoms with Crippen LogP contribution in [0.25, 0.3) is 0 Å². The van der Waals surface area contributed by atoms with Gasteiger partial charge in [0.15, 0.2) is 0 Å². The summed E-state index contributed by atoms with van der Waals surface area (Å²) in [5.74, 6) is 0.837. The van der Waals surface area contributed by atoms with Gasteiger partial charge in [-0.1, -0.05) is 13.3 Å². The zero-order chi connectivity index (χ0) is 13.5. The van der Waals surface area contributed by atoms with Crippen molar-refractivity contribution < 1.29 is 19.2 Å². The SMILES string of the molecule is CCCCOC(=O)N1CSCC1C(=O)N(C)OC. The summed E-state index contributed by atoms with van der Waals surface area (Å²) in [7, 11) is 2.95. The van der Waals surface area contributed by atoms with Gasteiger partial charge in [0.2, 0.25) is 0 Å². The fraction of sp³-hybridized carbons (Fsp3) is 0.818. The van der Waals surface area contributed by atoms with Gasteiger partial charge in [0.05, 0.1) is 19.6 Å². The van der Waals surface area contributed by atoms with Gasteiger partial charge in [0, 0.05) is 12.8 Å². The van der Waals surface area contributed by atoms with Crippen LogP contribution in [-0.2, 0) is 14.4 Å². The van der Waals surface area contributed by atoms with Crippen LogP contribution in [-0.4, -0.2) is 60.4 Å². The number of hydrogen-bond donors (Lipinski definition) is 0. The Bertz CT molecular complexity index is 301. The van der Waals surface area contributed by atoms with E-state index in [9.17, 15) is 9.59 Å². The predicted octanol–water partition coefficient (Wildman–Crippen LogP) is 1.32. The van der Waals surface area contributed by atoms with Crippen LogP contribution in [0.4, 0.5) is 4.79 Å². The van der Waals surface area contributed by atoms with Crippen molar-refractivity contribution in [1.82, 2.24) is 9.96 Å². The first-order chi connectivity index (χ1) is 8.61. The Kier molecular flexibility index (Phi) is 6.28. The molecule has 1 atom stereocenters. The number of carbonyl (C=O) groups excluding carboxylic acids is 2. The Labute approximate surface area is 112 Å². The zero-order valence-electron chi connectivity index (χ0n) is 11.0. The van der Waals surface area contributed by atoms with Crippen LogP contribution in [0.3, 0.4) is 0 Å². The Balaban J connectivity index is 2.53. The Morgan fingerprint density at radius 1 is 1.50 bits per heavy atom. The molecule has 1 unspecified atom stereocenters. The molecule has 7 heteroatoms. The van der Waals surface area contributed by atoms with Gasteiger partial charge in [-0.3, -0.25) is 14.5 Å². The molecule has 1 fully saturated rings. The van der Waals surface area contributed by atoms with Crippen molar-refractivity contribution >= 4 is 23.8 Å². The molecule has 104 valence electrons. The van der Waals surface area contributed by atoms with Crippen LogP contribution in [0.2, 0.25) is 0 Å². The van der Waals surface area contributed by atoms with Gasteiger partial charge in [0.25, 0.3) is 5.91 Å². The molecule has 2 amide bonds. The molecule has 0 N–H and O–H groups in total. The Hall–Kier alpha value is -0.950. The second kappa shape index (κ2) is 7.48. The second-order valence-corrected chi connectivity index (χ2v) is 4.97. The van der Waals surface area contributed by atoms with Crippen molar-refractivity contribution in [2.45, 2.75) is 25.8 Å². The van der Waals surface area contributed by atoms with Crippen LogP contribution in [0, 0.1) is 0 Å². The number of carbonyl (C=O) groups is 2. The topological polar surface area (TPSA) is 59.1 Å². The van der Waals surface area contributed by atoms with Gasteiger partial charge < -0.3 is 4.74 Å². The predicted molar refractivity (Wildman–Crippen MR) is 69.0 cm³/mol. The number of hydroxylamine groups is 2. The van der Waals surface area contributed by atoms with E-state index in [-0.39, 0.29) is 5.91 Å². The van der Waals surface area contributed by atoms with Crippen molar-refractivity contribution in [1.29, 1.82) is 0 Å². The van der Waals surface area contributed by atoms with Crippen molar-refractivity contribution in [2.75, 3.05) is 32.4 Å². The quantitative estimate of drug-likeness (QED) is 0.560. The molecule has 0 spiro atoms. The van der Waals surface area contributed by atoms with Gasteiger partial charge >= 0.3 is 6.09 Å². The summed E-state index contributed by atoms with van der Waals surface area (Å²) in [6.45, 7) is 2.43. The molecule has 0 bridgehead atoms. The minimum atomic E-state index is -0.492. The van der Waals surface area contributed by atoms with E-state index in [0.29, 0.717) is 18.2 Å². The van der Waals surface area contributed by atoms with Crippen LogP contribution in [0.5, 0.6) is 0 Å². The fourth-order valence-corrected chi connectivity index (χ4v) is 2.65. The van der Waals surface area contributed by atoms with Crippen molar-refractivity contribution in [2.24, 2.45) is 0 Å². The van der Waals surface area contributed by atoms with Crippen LogP contribution in [0.1, 0.15) is 19.8 Å². The third kappa shape index (κ3) is 3.78. The van der Waals surface area contributed by atoms with E-state index in [1.165, 1.54) is 30.8 Å². The van der Waals surface area contributed by atoms with Crippen molar-refractivity contribution in [3.05, 3.63) is 0 Å². The molecule has 1 rings (SSSR count). The maximum absolute atomic E-state index is 12.0. The number of unbranched alkanes of at least 4 members (excludes halogenated alkanes) is 1. The lowest BCUT2D eigenvalue weighted by Crippen LogP contribution is -2.47. The molecule has 18 heavy (non-hydrogen) atoms. The van der Waals surface area contributed by atoms with E-state index >= 15 is 0 Å². The number of rotatable bonds is 5. The minimum absolute atomic E-state index is 0.227. The number of ether oxygens (including phenoxy) is 1. The van der Waals surface area contributed by atoms with Gasteiger partial charge in [-0.25, -0.2) is 9.86 Å². The molecular formula is C11H20N2O4S. The summed E-state index contributed by atoms with van der Waals surface area (Å²) in [5, 5.41) is 1.14. The highest BCUT2D eigenvalue weighted by Crippen LogP contribution is 2.23. The summed E-state index contributed by atoms with van der Waals surface area (Å²) in [4.78, 5) is 30.1. The summed E-state index contributed by atoms with van der Waals surface area (Å²) in [6, 6.07) is -0.492. The van der Waals surface area contributed by atoms with E-state index in [2.05, 4.69) is 0 Å². The third-order valence-corrected chi connectivity index (χ3v) is 3.72. The molecule has 0 radical (unpaired) electrons. The zero-order valence-corrected chi connectivity index (χ0v) is 11.9. The van der Waals surface area contributed by atoms with E-state index < -0.39 is 12.1 Å². The highest BCUT2D eigenvalue weighted by atomic mass is 32.2. The molecule has 0 aromatic rings. The smallest absolute Gasteiger partial charge is 0.411 e. The summed E-state index contributed by atoms with van der Waals surface area (Å²) < 4.78 is 5.12. The van der Waals surface area contributed by atoms with E-state index in [1.807, 2.05) is 6.92 Å². The summed E-state index contributed by atoms with van der Waals surface area (Å²) in [6.07, 6.45) is 1.39. The van der Waals surface area contributed by atoms with Crippen LogP contribution >= 0.6 is 11.8 Å². The molecule has 6 nitrogen and oxygen atoms in total. The van der Waals surface area contributed by atoms with Crippen molar-refractivity contribution in [3.8, 4) is 0 Å². The second-order valence-electron chi connectivity index (χ2n) is 3.97. The van der Waals surface area contributed by atoms with E-state index in [1.54, 1.807) is 0 Å². The number of likely N-dealkylation sites (N-methyl/N-ethyl adjacent to an activating group) is 1. The fourth-order valence-electron chi connectivity index (χ4n) is 1.51. The van der Waals surface area contributed by atoms with Crippen molar-refractivity contribution in [3.63, 3.8) is 0 Å². The maximum atomic E-state index is 12.0. The average Bonchev–Trinajstić information content (AvgIpc) is 2.86. The molecule has 1 aliphatic heterocycles. The molecular weight excluding hydrogens is 256 g/mol. The first-order valence-corrected chi connectivity index (χ1v) is 7.10. The molecule has 0 aliphatic carbocycles. The standard InChI is InChI=1S/C11H20N2O4S/c1-4-5-6-17-11(15)13-8-18-7-9(13)10(14)12(2)16-3/h9H,4-8H2,1-3H3. The van der Waals surface area contributed by atoms with Crippen LogP contribution < -0.4 is 0 Å². The molecule has 1 saturated heterocycles. The lowest BCUT2D eigenvalue weighted by molar-refractivity contribution is -0.172. The van der Waals surface area contributed by atoms with Gasteiger partial charge in [0.1, 0.15) is 6.04 Å². The lowest BCUT2D eigenvalue weighted by Gasteiger charge is -2.25. The average molecular weight is 276 g/mol. The monoisotopic (exact) mass is 276 g/mol. The normalized spacial score (nSPS) is 18.8. The first-order valence-electron chi connectivity index (χ1n) is 5.94. The van der Waals surface area contributed by atoms with E-state index in [0.717, 1.165) is 17.9 Å². The third-order valence-electron chi connectivity index (χ3n) is 2.71. The molecule has 0 aromatic carbocycles. The summed E-state index contributed by atoms with van der Waals surface area (Å²) in [5.41, 5.74) is 0. The van der Waals surface area contributed by atoms with Gasteiger partial charge in [-0.2, -0.15) is 0 Å². The molecule has 0 aromatic heterocycles. The minimum Gasteiger partial charge on any atom is -0.449 e. The molecule has 1 heterocycles. The lowest BCUT2D eigenvalue weighted by atomic mass is 10.3. The van der Waals surface area contributed by atoms with E-state index in [4.69, 9.17) is 9.57 Å². The maximum Gasteiger partial charge on any atom is 0.411 e. The van der Waals surface area contributed by atoms with Gasteiger partial charge in [-0.15, -0.1) is 11.8 Å². The highest BCUT2D eigenvalue weighted by Gasteiger charge is 2.37. The number of thioether (sulfide) groups is 1. The number of hydrogen-bond acceptors (Lipinski definition) is 5. The number of amides is 2. The molecule has 0 saturated carbocycles. The Morgan fingerprint density at radius 2 is 2.22 bits per heavy atom.